The number of likely N-dealkylation sites (tertiary alicyclic amines) is 1. The normalized spacial score (nSPS) is 16.8. The molecule has 0 spiro atoms. The van der Waals surface area contributed by atoms with Crippen LogP contribution < -0.4 is 15.4 Å². The lowest BCUT2D eigenvalue weighted by atomic mass is 9.88. The van der Waals surface area contributed by atoms with Crippen molar-refractivity contribution in [2.45, 2.75) is 52.6 Å². The number of carbonyl (C=O) groups excluding carboxylic acids is 3. The standard InChI is InChI=1S/C22H33N3O4/c1-14(2)15(3)23-22(28)20(17-10-12-25(13-11-17)16(4)26)24-21(27)18-6-8-19(29-5)9-7-18/h6-9,14-15,17,20H,10-13H2,1-5H3,(H,23,28)(H,24,27). The van der Waals surface area contributed by atoms with Crippen LogP contribution in [-0.4, -0.2) is 54.9 Å². The maximum absolute atomic E-state index is 13.0. The largest absolute Gasteiger partial charge is 0.497 e. The highest BCUT2D eigenvalue weighted by Crippen LogP contribution is 2.22. The third kappa shape index (κ3) is 6.21. The number of benzene rings is 1. The summed E-state index contributed by atoms with van der Waals surface area (Å²) in [6, 6.07) is 6.16. The van der Waals surface area contributed by atoms with Crippen molar-refractivity contribution in [2.75, 3.05) is 20.2 Å². The van der Waals surface area contributed by atoms with Crippen molar-refractivity contribution >= 4 is 17.7 Å². The highest BCUT2D eigenvalue weighted by molar-refractivity contribution is 5.97. The summed E-state index contributed by atoms with van der Waals surface area (Å²) in [5.74, 6) is 0.510. The lowest BCUT2D eigenvalue weighted by Crippen LogP contribution is -2.55. The Morgan fingerprint density at radius 2 is 1.62 bits per heavy atom. The summed E-state index contributed by atoms with van der Waals surface area (Å²) < 4.78 is 5.13. The minimum absolute atomic E-state index is 0.000182. The molecule has 0 aromatic heterocycles. The van der Waals surface area contributed by atoms with E-state index in [-0.39, 0.29) is 35.6 Å². The van der Waals surface area contributed by atoms with Crippen molar-refractivity contribution in [3.05, 3.63) is 29.8 Å². The van der Waals surface area contributed by atoms with Gasteiger partial charge in [-0.2, -0.15) is 0 Å². The van der Waals surface area contributed by atoms with Crippen molar-refractivity contribution in [2.24, 2.45) is 11.8 Å². The number of nitrogens with zero attached hydrogens (tertiary/aromatic N) is 1. The Morgan fingerprint density at radius 3 is 2.10 bits per heavy atom. The Kier molecular flexibility index (Phi) is 8.05. The Bertz CT molecular complexity index is 709. The summed E-state index contributed by atoms with van der Waals surface area (Å²) in [4.78, 5) is 39.2. The number of hydrogen-bond acceptors (Lipinski definition) is 4. The van der Waals surface area contributed by atoms with Gasteiger partial charge in [-0.15, -0.1) is 0 Å². The monoisotopic (exact) mass is 403 g/mol. The van der Waals surface area contributed by atoms with E-state index >= 15 is 0 Å². The third-order valence-corrected chi connectivity index (χ3v) is 5.75. The van der Waals surface area contributed by atoms with Crippen molar-refractivity contribution in [3.8, 4) is 5.75 Å². The van der Waals surface area contributed by atoms with Crippen LogP contribution in [0.4, 0.5) is 0 Å². The molecule has 1 saturated heterocycles. The van der Waals surface area contributed by atoms with Crippen LogP contribution >= 0.6 is 0 Å². The first kappa shape index (κ1) is 22.7. The van der Waals surface area contributed by atoms with Gasteiger partial charge in [-0.1, -0.05) is 13.8 Å². The zero-order valence-electron chi connectivity index (χ0n) is 18.0. The molecule has 0 aliphatic carbocycles. The number of methoxy groups -OCH3 is 1. The number of piperidine rings is 1. The van der Waals surface area contributed by atoms with Gasteiger partial charge in [-0.25, -0.2) is 0 Å². The van der Waals surface area contributed by atoms with Gasteiger partial charge in [0, 0.05) is 31.6 Å². The van der Waals surface area contributed by atoms with E-state index in [1.165, 1.54) is 0 Å². The molecule has 1 aliphatic heterocycles. The summed E-state index contributed by atoms with van der Waals surface area (Å²) in [5.41, 5.74) is 0.474. The molecule has 2 rings (SSSR count). The van der Waals surface area contributed by atoms with Gasteiger partial charge in [0.1, 0.15) is 11.8 Å². The van der Waals surface area contributed by atoms with Crippen LogP contribution in [0.2, 0.25) is 0 Å². The molecule has 1 fully saturated rings. The van der Waals surface area contributed by atoms with E-state index in [1.54, 1.807) is 43.2 Å². The number of ether oxygens (including phenoxy) is 1. The van der Waals surface area contributed by atoms with E-state index in [0.717, 1.165) is 0 Å². The van der Waals surface area contributed by atoms with Gasteiger partial charge in [-0.3, -0.25) is 14.4 Å². The van der Waals surface area contributed by atoms with Crippen molar-refractivity contribution in [3.63, 3.8) is 0 Å². The molecule has 0 bridgehead atoms. The maximum atomic E-state index is 13.0. The smallest absolute Gasteiger partial charge is 0.251 e. The van der Waals surface area contributed by atoms with Gasteiger partial charge in [0.05, 0.1) is 7.11 Å². The fourth-order valence-electron chi connectivity index (χ4n) is 3.39. The summed E-state index contributed by atoms with van der Waals surface area (Å²) in [5, 5.41) is 5.96. The molecule has 1 aliphatic rings. The average molecular weight is 404 g/mol. The number of rotatable bonds is 7. The summed E-state index contributed by atoms with van der Waals surface area (Å²) in [6.07, 6.45) is 1.35. The van der Waals surface area contributed by atoms with Gasteiger partial charge >= 0.3 is 0 Å². The summed E-state index contributed by atoms with van der Waals surface area (Å²) in [7, 11) is 1.57. The molecular weight excluding hydrogens is 370 g/mol. The molecule has 2 atom stereocenters. The van der Waals surface area contributed by atoms with E-state index in [9.17, 15) is 14.4 Å². The number of carbonyl (C=O) groups is 3. The van der Waals surface area contributed by atoms with E-state index in [4.69, 9.17) is 4.74 Å². The van der Waals surface area contributed by atoms with Gasteiger partial charge in [0.25, 0.3) is 5.91 Å². The minimum Gasteiger partial charge on any atom is -0.497 e. The van der Waals surface area contributed by atoms with Gasteiger partial charge in [0.2, 0.25) is 11.8 Å². The first-order valence-corrected chi connectivity index (χ1v) is 10.2. The Morgan fingerprint density at radius 1 is 1.03 bits per heavy atom. The topological polar surface area (TPSA) is 87.7 Å². The second kappa shape index (κ2) is 10.3. The predicted molar refractivity (Wildman–Crippen MR) is 112 cm³/mol. The van der Waals surface area contributed by atoms with Crippen LogP contribution in [0.1, 0.15) is 50.9 Å². The maximum Gasteiger partial charge on any atom is 0.251 e. The fraction of sp³-hybridized carbons (Fsp3) is 0.591. The lowest BCUT2D eigenvalue weighted by Gasteiger charge is -2.36. The quantitative estimate of drug-likeness (QED) is 0.731. The lowest BCUT2D eigenvalue weighted by molar-refractivity contribution is -0.130. The van der Waals surface area contributed by atoms with Gasteiger partial charge in [-0.05, 0) is 55.9 Å². The van der Waals surface area contributed by atoms with Crippen LogP contribution in [-0.2, 0) is 9.59 Å². The van der Waals surface area contributed by atoms with Crippen LogP contribution in [0, 0.1) is 11.8 Å². The van der Waals surface area contributed by atoms with Gasteiger partial charge in [0.15, 0.2) is 0 Å². The zero-order valence-corrected chi connectivity index (χ0v) is 18.0. The van der Waals surface area contributed by atoms with E-state index in [2.05, 4.69) is 10.6 Å². The molecule has 1 aromatic rings. The molecule has 0 saturated carbocycles. The van der Waals surface area contributed by atoms with Crippen molar-refractivity contribution in [1.29, 1.82) is 0 Å². The van der Waals surface area contributed by atoms with E-state index in [1.807, 2.05) is 20.8 Å². The molecule has 1 heterocycles. The first-order chi connectivity index (χ1) is 13.7. The third-order valence-electron chi connectivity index (χ3n) is 5.75. The molecule has 7 heteroatoms. The minimum atomic E-state index is -0.639. The Balaban J connectivity index is 2.13. The summed E-state index contributed by atoms with van der Waals surface area (Å²) in [6.45, 7) is 8.80. The molecule has 7 nitrogen and oxygen atoms in total. The number of hydrogen-bond donors (Lipinski definition) is 2. The molecule has 0 radical (unpaired) electrons. The number of amides is 3. The SMILES string of the molecule is COc1ccc(C(=O)NC(C(=O)NC(C)C(C)C)C2CCN(C(C)=O)CC2)cc1. The fourth-order valence-corrected chi connectivity index (χ4v) is 3.39. The summed E-state index contributed by atoms with van der Waals surface area (Å²) >= 11 is 0. The van der Waals surface area contributed by atoms with Crippen LogP contribution in [0.15, 0.2) is 24.3 Å². The first-order valence-electron chi connectivity index (χ1n) is 10.2. The zero-order chi connectivity index (χ0) is 21.6. The molecule has 2 unspecified atom stereocenters. The van der Waals surface area contributed by atoms with E-state index < -0.39 is 6.04 Å². The molecular formula is C22H33N3O4. The van der Waals surface area contributed by atoms with Crippen LogP contribution in [0.5, 0.6) is 5.75 Å². The molecule has 1 aromatic carbocycles. The Labute approximate surface area is 173 Å². The van der Waals surface area contributed by atoms with Gasteiger partial charge < -0.3 is 20.3 Å². The van der Waals surface area contributed by atoms with Crippen LogP contribution in [0.3, 0.4) is 0 Å². The van der Waals surface area contributed by atoms with Crippen molar-refractivity contribution < 1.29 is 19.1 Å². The second-order valence-electron chi connectivity index (χ2n) is 8.06. The molecule has 29 heavy (non-hydrogen) atoms. The molecule has 3 amide bonds. The average Bonchev–Trinajstić information content (AvgIpc) is 2.71. The highest BCUT2D eigenvalue weighted by Gasteiger charge is 2.34. The molecule has 2 N–H and O–H groups in total. The Hall–Kier alpha value is -2.57. The predicted octanol–water partition coefficient (Wildman–Crippen LogP) is 2.21. The highest BCUT2D eigenvalue weighted by atomic mass is 16.5. The van der Waals surface area contributed by atoms with Crippen molar-refractivity contribution in [1.82, 2.24) is 15.5 Å². The number of nitrogens with one attached hydrogen (secondary N) is 2. The van der Waals surface area contributed by atoms with Crippen LogP contribution in [0.25, 0.3) is 0 Å². The van der Waals surface area contributed by atoms with E-state index in [0.29, 0.717) is 37.2 Å². The molecule has 160 valence electrons. The second-order valence-corrected chi connectivity index (χ2v) is 8.06.